The number of hydrogen-bond acceptors (Lipinski definition) is 6. The number of aromatic nitrogens is 3. The molecule has 2 heterocycles. The summed E-state index contributed by atoms with van der Waals surface area (Å²) in [7, 11) is 0. The topological polar surface area (TPSA) is 88.2 Å². The second-order valence-electron chi connectivity index (χ2n) is 5.20. The number of aliphatic imine (C=N–C) groups is 1. The molecule has 0 aliphatic heterocycles. The lowest BCUT2D eigenvalue weighted by atomic mass is 10.3. The highest BCUT2D eigenvalue weighted by atomic mass is 127. The summed E-state index contributed by atoms with van der Waals surface area (Å²) in [5, 5.41) is 11.5. The minimum Gasteiger partial charge on any atom is -0.357 e. The Morgan fingerprint density at radius 1 is 1.21 bits per heavy atom. The molecular formula is C15H25IN6OS. The number of guanidine groups is 1. The van der Waals surface area contributed by atoms with E-state index in [2.05, 4.69) is 37.7 Å². The highest BCUT2D eigenvalue weighted by molar-refractivity contribution is 14.0. The Labute approximate surface area is 163 Å². The third-order valence-corrected chi connectivity index (χ3v) is 4.21. The summed E-state index contributed by atoms with van der Waals surface area (Å²) in [6, 6.07) is 0. The fourth-order valence-electron chi connectivity index (χ4n) is 2.10. The molecule has 0 aliphatic rings. The molecule has 0 bridgehead atoms. The number of thiazole rings is 1. The van der Waals surface area contributed by atoms with Crippen LogP contribution in [0.3, 0.4) is 0 Å². The predicted octanol–water partition coefficient (Wildman–Crippen LogP) is 2.76. The van der Waals surface area contributed by atoms with Crippen molar-refractivity contribution in [2.24, 2.45) is 4.99 Å². The van der Waals surface area contributed by atoms with Crippen molar-refractivity contribution in [1.29, 1.82) is 0 Å². The maximum Gasteiger partial charge on any atom is 0.226 e. The van der Waals surface area contributed by atoms with E-state index < -0.39 is 0 Å². The van der Waals surface area contributed by atoms with Gasteiger partial charge in [-0.05, 0) is 34.1 Å². The number of nitrogens with one attached hydrogen (secondary N) is 2. The summed E-state index contributed by atoms with van der Waals surface area (Å²) in [4.78, 5) is 14.5. The monoisotopic (exact) mass is 464 g/mol. The number of aryl methyl sites for hydroxylation is 4. The van der Waals surface area contributed by atoms with E-state index in [0.29, 0.717) is 18.3 Å². The van der Waals surface area contributed by atoms with Gasteiger partial charge in [0.1, 0.15) is 0 Å². The van der Waals surface area contributed by atoms with Gasteiger partial charge in [0.25, 0.3) is 0 Å². The summed E-state index contributed by atoms with van der Waals surface area (Å²) in [5.74, 6) is 2.18. The molecule has 0 fully saturated rings. The van der Waals surface area contributed by atoms with E-state index in [1.165, 1.54) is 4.88 Å². The molecule has 0 radical (unpaired) electrons. The zero-order chi connectivity index (χ0) is 16.7. The highest BCUT2D eigenvalue weighted by Gasteiger charge is 2.05. The molecule has 0 unspecified atom stereocenters. The van der Waals surface area contributed by atoms with Crippen LogP contribution < -0.4 is 10.6 Å². The smallest absolute Gasteiger partial charge is 0.226 e. The van der Waals surface area contributed by atoms with Crippen LogP contribution in [0.25, 0.3) is 0 Å². The third-order valence-electron chi connectivity index (χ3n) is 3.15. The van der Waals surface area contributed by atoms with Crippen LogP contribution in [-0.4, -0.2) is 34.2 Å². The second kappa shape index (κ2) is 10.6. The van der Waals surface area contributed by atoms with Gasteiger partial charge in [-0.25, -0.2) is 9.98 Å². The number of nitrogens with zero attached hydrogens (tertiary/aromatic N) is 4. The number of rotatable bonds is 7. The maximum atomic E-state index is 5.10. The van der Waals surface area contributed by atoms with Crippen LogP contribution in [-0.2, 0) is 13.0 Å². The maximum absolute atomic E-state index is 5.10. The summed E-state index contributed by atoms with van der Waals surface area (Å²) in [6.07, 6.45) is 1.67. The van der Waals surface area contributed by atoms with Crippen molar-refractivity contribution in [2.45, 2.75) is 47.1 Å². The molecule has 2 N–H and O–H groups in total. The van der Waals surface area contributed by atoms with E-state index in [1.54, 1.807) is 11.3 Å². The standard InChI is InChI=1S/C15H24N6OS.HI/c1-5-16-15(18-9-13-10(2)19-12(4)23-13)17-8-6-7-14-20-11(3)21-22-14;/h5-9H2,1-4H3,(H2,16,17,18);1H. The van der Waals surface area contributed by atoms with E-state index in [9.17, 15) is 0 Å². The zero-order valence-corrected chi connectivity index (χ0v) is 17.7. The Balaban J connectivity index is 0.00000288. The average Bonchev–Trinajstić information content (AvgIpc) is 3.06. The first-order chi connectivity index (χ1) is 11.1. The number of halogens is 1. The summed E-state index contributed by atoms with van der Waals surface area (Å²) in [5.41, 5.74) is 1.07. The quantitative estimate of drug-likeness (QED) is 0.284. The van der Waals surface area contributed by atoms with Crippen molar-refractivity contribution in [1.82, 2.24) is 25.8 Å². The molecule has 2 aromatic heterocycles. The second-order valence-corrected chi connectivity index (χ2v) is 6.49. The lowest BCUT2D eigenvalue weighted by Gasteiger charge is -2.10. The molecule has 0 spiro atoms. The van der Waals surface area contributed by atoms with Crippen molar-refractivity contribution >= 4 is 41.3 Å². The Kier molecular flexibility index (Phi) is 9.19. The van der Waals surface area contributed by atoms with Crippen molar-refractivity contribution in [3.05, 3.63) is 27.3 Å². The van der Waals surface area contributed by atoms with Gasteiger partial charge < -0.3 is 15.2 Å². The SMILES string of the molecule is CCNC(=NCc1sc(C)nc1C)NCCCc1nc(C)no1.I. The Hall–Kier alpha value is -1.23. The van der Waals surface area contributed by atoms with Gasteiger partial charge in [-0.2, -0.15) is 4.98 Å². The van der Waals surface area contributed by atoms with Crippen LogP contribution in [0.4, 0.5) is 0 Å². The minimum absolute atomic E-state index is 0. The fourth-order valence-corrected chi connectivity index (χ4v) is 2.96. The van der Waals surface area contributed by atoms with Gasteiger partial charge in [-0.15, -0.1) is 35.3 Å². The van der Waals surface area contributed by atoms with Crippen molar-refractivity contribution < 1.29 is 4.52 Å². The van der Waals surface area contributed by atoms with Gasteiger partial charge in [0.2, 0.25) is 5.89 Å². The van der Waals surface area contributed by atoms with E-state index in [4.69, 9.17) is 4.52 Å². The van der Waals surface area contributed by atoms with E-state index in [0.717, 1.165) is 42.6 Å². The van der Waals surface area contributed by atoms with Crippen LogP contribution in [0, 0.1) is 20.8 Å². The average molecular weight is 464 g/mol. The first-order valence-corrected chi connectivity index (χ1v) is 8.64. The largest absolute Gasteiger partial charge is 0.357 e. The van der Waals surface area contributed by atoms with Crippen LogP contribution in [0.2, 0.25) is 0 Å². The number of hydrogen-bond donors (Lipinski definition) is 2. The molecule has 7 nitrogen and oxygen atoms in total. The molecule has 0 aromatic carbocycles. The molecule has 0 amide bonds. The first-order valence-electron chi connectivity index (χ1n) is 7.82. The van der Waals surface area contributed by atoms with Crippen LogP contribution in [0.5, 0.6) is 0 Å². The molecule has 2 rings (SSSR count). The first kappa shape index (κ1) is 20.8. The lowest BCUT2D eigenvalue weighted by Crippen LogP contribution is -2.37. The molecule has 2 aromatic rings. The molecule has 134 valence electrons. The Morgan fingerprint density at radius 3 is 2.58 bits per heavy atom. The van der Waals surface area contributed by atoms with Crippen LogP contribution in [0.1, 0.15) is 40.6 Å². The van der Waals surface area contributed by atoms with Crippen molar-refractivity contribution in [2.75, 3.05) is 13.1 Å². The van der Waals surface area contributed by atoms with E-state index in [-0.39, 0.29) is 24.0 Å². The van der Waals surface area contributed by atoms with Gasteiger partial charge in [0.05, 0.1) is 17.2 Å². The van der Waals surface area contributed by atoms with Crippen molar-refractivity contribution in [3.8, 4) is 0 Å². The zero-order valence-electron chi connectivity index (χ0n) is 14.5. The van der Waals surface area contributed by atoms with Gasteiger partial charge >= 0.3 is 0 Å². The van der Waals surface area contributed by atoms with Crippen LogP contribution >= 0.6 is 35.3 Å². The van der Waals surface area contributed by atoms with E-state index in [1.807, 2.05) is 20.8 Å². The molecule has 9 heteroatoms. The van der Waals surface area contributed by atoms with Gasteiger partial charge in [-0.1, -0.05) is 5.16 Å². The third kappa shape index (κ3) is 6.71. The summed E-state index contributed by atoms with van der Waals surface area (Å²) >= 11 is 1.70. The van der Waals surface area contributed by atoms with Gasteiger partial charge in [0.15, 0.2) is 11.8 Å². The van der Waals surface area contributed by atoms with E-state index >= 15 is 0 Å². The van der Waals surface area contributed by atoms with Gasteiger partial charge in [-0.3, -0.25) is 0 Å². The Bertz CT molecular complexity index is 654. The lowest BCUT2D eigenvalue weighted by molar-refractivity contribution is 0.372. The van der Waals surface area contributed by atoms with Gasteiger partial charge in [0, 0.05) is 24.4 Å². The molecule has 0 aliphatic carbocycles. The fraction of sp³-hybridized carbons (Fsp3) is 0.600. The molecule has 24 heavy (non-hydrogen) atoms. The summed E-state index contributed by atoms with van der Waals surface area (Å²) < 4.78 is 5.10. The molecule has 0 saturated carbocycles. The highest BCUT2D eigenvalue weighted by Crippen LogP contribution is 2.17. The molecule has 0 atom stereocenters. The Morgan fingerprint density at radius 2 is 2.00 bits per heavy atom. The minimum atomic E-state index is 0. The normalized spacial score (nSPS) is 11.2. The summed E-state index contributed by atoms with van der Waals surface area (Å²) in [6.45, 7) is 10.2. The van der Waals surface area contributed by atoms with Crippen molar-refractivity contribution in [3.63, 3.8) is 0 Å². The molecular weight excluding hydrogens is 439 g/mol. The van der Waals surface area contributed by atoms with Crippen LogP contribution in [0.15, 0.2) is 9.52 Å². The molecule has 0 saturated heterocycles. The predicted molar refractivity (Wildman–Crippen MR) is 107 cm³/mol.